The second kappa shape index (κ2) is 6.52. The number of thioether (sulfide) groups is 1. The van der Waals surface area contributed by atoms with E-state index in [0.29, 0.717) is 20.8 Å². The van der Waals surface area contributed by atoms with E-state index in [0.717, 1.165) is 22.8 Å². The quantitative estimate of drug-likeness (QED) is 0.510. The number of hydrogen-bond donors (Lipinski definition) is 1. The number of H-pyrrole nitrogens is 1. The van der Waals surface area contributed by atoms with Crippen LogP contribution in [0.1, 0.15) is 5.56 Å². The molecule has 2 aromatic carbocycles. The number of fused-ring (bicyclic) bond motifs is 1. The molecule has 3 rings (SSSR count). The molecule has 0 spiro atoms. The SMILES string of the molecule is O=C(N=Cc1c(Cl)cccc1Cl)Sc1nc2ccccc2[nH]1. The minimum absolute atomic E-state index is 0.407. The lowest BCUT2D eigenvalue weighted by Gasteiger charge is -1.99. The molecule has 1 heterocycles. The maximum atomic E-state index is 11.9. The van der Waals surface area contributed by atoms with Crippen LogP contribution in [-0.4, -0.2) is 21.4 Å². The van der Waals surface area contributed by atoms with Crippen molar-refractivity contribution < 1.29 is 4.79 Å². The summed E-state index contributed by atoms with van der Waals surface area (Å²) in [5, 5.41) is 0.972. The summed E-state index contributed by atoms with van der Waals surface area (Å²) in [4.78, 5) is 23.1. The van der Waals surface area contributed by atoms with E-state index >= 15 is 0 Å². The van der Waals surface area contributed by atoms with Crippen LogP contribution in [0.5, 0.6) is 0 Å². The number of aliphatic imine (C=N–C) groups is 1. The first-order valence-electron chi connectivity index (χ1n) is 6.28. The van der Waals surface area contributed by atoms with Crippen LogP contribution in [0.15, 0.2) is 52.6 Å². The number of nitrogens with zero attached hydrogens (tertiary/aromatic N) is 2. The number of imidazole rings is 1. The summed E-state index contributed by atoms with van der Waals surface area (Å²) in [5.74, 6) is 0. The first-order chi connectivity index (χ1) is 10.6. The van der Waals surface area contributed by atoms with Crippen molar-refractivity contribution in [1.82, 2.24) is 9.97 Å². The topological polar surface area (TPSA) is 58.1 Å². The van der Waals surface area contributed by atoms with Crippen LogP contribution in [0.4, 0.5) is 4.79 Å². The standard InChI is InChI=1S/C15H9Cl2N3OS/c16-10-4-3-5-11(17)9(10)8-18-15(21)22-14-19-12-6-1-2-7-13(12)20-14/h1-8H,(H,19,20). The first kappa shape index (κ1) is 15.1. The van der Waals surface area contributed by atoms with E-state index in [1.165, 1.54) is 6.21 Å². The first-order valence-corrected chi connectivity index (χ1v) is 7.85. The van der Waals surface area contributed by atoms with E-state index in [4.69, 9.17) is 23.2 Å². The normalized spacial score (nSPS) is 11.4. The van der Waals surface area contributed by atoms with Gasteiger partial charge in [-0.25, -0.2) is 9.98 Å². The van der Waals surface area contributed by atoms with Gasteiger partial charge in [0.1, 0.15) is 0 Å². The number of benzene rings is 2. The lowest BCUT2D eigenvalue weighted by molar-refractivity contribution is 0.267. The molecule has 0 bridgehead atoms. The van der Waals surface area contributed by atoms with Gasteiger partial charge < -0.3 is 4.98 Å². The largest absolute Gasteiger partial charge is 0.332 e. The van der Waals surface area contributed by atoms with Crippen LogP contribution in [0.2, 0.25) is 10.0 Å². The third-order valence-electron chi connectivity index (χ3n) is 2.85. The molecule has 0 aliphatic rings. The lowest BCUT2D eigenvalue weighted by Crippen LogP contribution is -1.90. The smallest absolute Gasteiger partial charge is 0.312 e. The molecule has 0 aliphatic carbocycles. The van der Waals surface area contributed by atoms with Gasteiger partial charge in [0.05, 0.1) is 21.1 Å². The predicted octanol–water partition coefficient (Wildman–Crippen LogP) is 5.20. The molecule has 0 atom stereocenters. The molecule has 1 aromatic heterocycles. The molecule has 0 saturated heterocycles. The second-order valence-electron chi connectivity index (χ2n) is 4.32. The van der Waals surface area contributed by atoms with Gasteiger partial charge in [0.25, 0.3) is 0 Å². The van der Waals surface area contributed by atoms with E-state index in [1.807, 2.05) is 24.3 Å². The predicted molar refractivity (Wildman–Crippen MR) is 91.4 cm³/mol. The van der Waals surface area contributed by atoms with Crippen molar-refractivity contribution in [3.63, 3.8) is 0 Å². The number of halogens is 2. The maximum Gasteiger partial charge on any atom is 0.312 e. The highest BCUT2D eigenvalue weighted by Gasteiger charge is 2.09. The molecule has 4 nitrogen and oxygen atoms in total. The fraction of sp³-hybridized carbons (Fsp3) is 0. The van der Waals surface area contributed by atoms with Crippen LogP contribution in [-0.2, 0) is 0 Å². The summed E-state index contributed by atoms with van der Waals surface area (Å²) in [7, 11) is 0. The Morgan fingerprint density at radius 1 is 1.14 bits per heavy atom. The van der Waals surface area contributed by atoms with Gasteiger partial charge >= 0.3 is 5.24 Å². The molecule has 1 N–H and O–H groups in total. The zero-order valence-corrected chi connectivity index (χ0v) is 13.4. The van der Waals surface area contributed by atoms with Crippen LogP contribution in [0.25, 0.3) is 11.0 Å². The molecule has 0 saturated carbocycles. The van der Waals surface area contributed by atoms with Gasteiger partial charge in [0.15, 0.2) is 5.16 Å². The molecule has 110 valence electrons. The van der Waals surface area contributed by atoms with E-state index in [-0.39, 0.29) is 0 Å². The van der Waals surface area contributed by atoms with Crippen molar-refractivity contribution in [2.45, 2.75) is 5.16 Å². The van der Waals surface area contributed by atoms with Crippen LogP contribution < -0.4 is 0 Å². The van der Waals surface area contributed by atoms with Crippen molar-refractivity contribution in [2.24, 2.45) is 4.99 Å². The number of hydrogen-bond acceptors (Lipinski definition) is 3. The Kier molecular flexibility index (Phi) is 4.47. The summed E-state index contributed by atoms with van der Waals surface area (Å²) in [6.45, 7) is 0. The van der Waals surface area contributed by atoms with Crippen molar-refractivity contribution in [1.29, 1.82) is 0 Å². The maximum absolute atomic E-state index is 11.9. The van der Waals surface area contributed by atoms with E-state index < -0.39 is 5.24 Å². The molecule has 1 amide bonds. The minimum Gasteiger partial charge on any atom is -0.332 e. The molecule has 0 fully saturated rings. The van der Waals surface area contributed by atoms with E-state index in [9.17, 15) is 4.79 Å². The molecule has 0 radical (unpaired) electrons. The van der Waals surface area contributed by atoms with Crippen molar-refractivity contribution >= 4 is 57.5 Å². The van der Waals surface area contributed by atoms with Gasteiger partial charge in [-0.05, 0) is 24.3 Å². The molecular weight excluding hydrogens is 341 g/mol. The fourth-order valence-corrected chi connectivity index (χ4v) is 2.91. The average molecular weight is 350 g/mol. The summed E-state index contributed by atoms with van der Waals surface area (Å²) < 4.78 is 0. The Bertz CT molecular complexity index is 823. The van der Waals surface area contributed by atoms with Crippen LogP contribution >= 0.6 is 35.0 Å². The molecule has 0 aliphatic heterocycles. The zero-order valence-electron chi connectivity index (χ0n) is 11.1. The third-order valence-corrected chi connectivity index (χ3v) is 4.18. The Labute approximate surface area is 140 Å². The highest BCUT2D eigenvalue weighted by molar-refractivity contribution is 8.13. The Morgan fingerprint density at radius 2 is 1.86 bits per heavy atom. The van der Waals surface area contributed by atoms with E-state index in [1.54, 1.807) is 18.2 Å². The molecule has 3 aromatic rings. The number of carbonyl (C=O) groups is 1. The number of para-hydroxylation sites is 2. The van der Waals surface area contributed by atoms with Gasteiger partial charge in [-0.3, -0.25) is 4.79 Å². The summed E-state index contributed by atoms with van der Waals surface area (Å²) in [5.41, 5.74) is 2.19. The number of rotatable bonds is 2. The summed E-state index contributed by atoms with van der Waals surface area (Å²) >= 11 is 12.9. The number of aromatic nitrogens is 2. The lowest BCUT2D eigenvalue weighted by atomic mass is 10.2. The molecule has 22 heavy (non-hydrogen) atoms. The van der Waals surface area contributed by atoms with Crippen molar-refractivity contribution in [2.75, 3.05) is 0 Å². The Hall–Kier alpha value is -1.82. The van der Waals surface area contributed by atoms with Gasteiger partial charge in [-0.1, -0.05) is 41.4 Å². The number of carbonyl (C=O) groups excluding carboxylic acids is 1. The van der Waals surface area contributed by atoms with Crippen LogP contribution in [0.3, 0.4) is 0 Å². The van der Waals surface area contributed by atoms with Crippen molar-refractivity contribution in [3.8, 4) is 0 Å². The van der Waals surface area contributed by atoms with Gasteiger partial charge in [-0.15, -0.1) is 0 Å². The molecule has 7 heteroatoms. The Morgan fingerprint density at radius 3 is 2.59 bits per heavy atom. The van der Waals surface area contributed by atoms with E-state index in [2.05, 4.69) is 15.0 Å². The summed E-state index contributed by atoms with van der Waals surface area (Å²) in [6.07, 6.45) is 1.36. The van der Waals surface area contributed by atoms with Gasteiger partial charge in [0, 0.05) is 23.5 Å². The molecular formula is C15H9Cl2N3OS. The van der Waals surface area contributed by atoms with Gasteiger partial charge in [0.2, 0.25) is 0 Å². The third kappa shape index (κ3) is 3.32. The second-order valence-corrected chi connectivity index (χ2v) is 6.08. The Balaban J connectivity index is 1.76. The number of aromatic amines is 1. The summed E-state index contributed by atoms with van der Waals surface area (Å²) in [6, 6.07) is 12.6. The number of amides is 1. The average Bonchev–Trinajstić information content (AvgIpc) is 2.88. The van der Waals surface area contributed by atoms with Crippen molar-refractivity contribution in [3.05, 3.63) is 58.1 Å². The fourth-order valence-electron chi connectivity index (χ4n) is 1.84. The highest BCUT2D eigenvalue weighted by Crippen LogP contribution is 2.24. The monoisotopic (exact) mass is 349 g/mol. The minimum atomic E-state index is -0.407. The zero-order chi connectivity index (χ0) is 15.5. The van der Waals surface area contributed by atoms with Crippen LogP contribution in [0, 0.1) is 0 Å². The molecule has 0 unspecified atom stereocenters. The highest BCUT2D eigenvalue weighted by atomic mass is 35.5. The number of nitrogens with one attached hydrogen (secondary N) is 1. The van der Waals surface area contributed by atoms with Gasteiger partial charge in [-0.2, -0.15) is 0 Å².